The molecule has 2 aliphatic rings. The SMILES string of the molecule is O=C1Nc2ccc(F)cc2CC1NC(=O)C1Cc2cc(Cl)ncc2N1. The minimum Gasteiger partial charge on any atom is -0.372 e. The normalized spacial score (nSPS) is 21.0. The Morgan fingerprint density at radius 2 is 2.04 bits per heavy atom. The van der Waals surface area contributed by atoms with Crippen molar-refractivity contribution in [1.29, 1.82) is 0 Å². The van der Waals surface area contributed by atoms with Gasteiger partial charge in [0, 0.05) is 18.5 Å². The number of amides is 2. The number of carbonyl (C=O) groups is 2. The molecule has 25 heavy (non-hydrogen) atoms. The first-order valence-corrected chi connectivity index (χ1v) is 8.18. The monoisotopic (exact) mass is 360 g/mol. The van der Waals surface area contributed by atoms with Gasteiger partial charge in [0.1, 0.15) is 23.1 Å². The van der Waals surface area contributed by atoms with Gasteiger partial charge in [-0.15, -0.1) is 0 Å². The summed E-state index contributed by atoms with van der Waals surface area (Å²) in [5.41, 5.74) is 2.89. The zero-order valence-corrected chi connectivity index (χ0v) is 13.7. The Bertz CT molecular complexity index is 889. The molecule has 3 heterocycles. The minimum atomic E-state index is -0.742. The van der Waals surface area contributed by atoms with Crippen molar-refractivity contribution in [3.8, 4) is 0 Å². The number of rotatable bonds is 2. The van der Waals surface area contributed by atoms with Crippen molar-refractivity contribution in [2.24, 2.45) is 0 Å². The van der Waals surface area contributed by atoms with Crippen molar-refractivity contribution >= 4 is 34.8 Å². The number of pyridine rings is 1. The average Bonchev–Trinajstić information content (AvgIpc) is 2.99. The van der Waals surface area contributed by atoms with Crippen LogP contribution < -0.4 is 16.0 Å². The van der Waals surface area contributed by atoms with Gasteiger partial charge >= 0.3 is 0 Å². The number of hydrogen-bond donors (Lipinski definition) is 3. The van der Waals surface area contributed by atoms with Crippen molar-refractivity contribution in [2.75, 3.05) is 10.6 Å². The van der Waals surface area contributed by atoms with E-state index in [1.54, 1.807) is 12.3 Å². The molecule has 3 N–H and O–H groups in total. The maximum Gasteiger partial charge on any atom is 0.247 e. The summed E-state index contributed by atoms with van der Waals surface area (Å²) in [5.74, 6) is -0.989. The largest absolute Gasteiger partial charge is 0.372 e. The smallest absolute Gasteiger partial charge is 0.247 e. The lowest BCUT2D eigenvalue weighted by Gasteiger charge is -2.26. The van der Waals surface area contributed by atoms with Crippen LogP contribution in [0.5, 0.6) is 0 Å². The summed E-state index contributed by atoms with van der Waals surface area (Å²) in [6.07, 6.45) is 2.29. The van der Waals surface area contributed by atoms with E-state index in [0.29, 0.717) is 22.8 Å². The summed E-state index contributed by atoms with van der Waals surface area (Å²) < 4.78 is 13.4. The predicted octanol–water partition coefficient (Wildman–Crippen LogP) is 1.89. The average molecular weight is 361 g/mol. The molecule has 0 saturated heterocycles. The summed E-state index contributed by atoms with van der Waals surface area (Å²) in [5, 5.41) is 8.86. The Morgan fingerprint density at radius 3 is 2.88 bits per heavy atom. The first-order valence-electron chi connectivity index (χ1n) is 7.80. The van der Waals surface area contributed by atoms with Gasteiger partial charge < -0.3 is 16.0 Å². The number of nitrogens with zero attached hydrogens (tertiary/aromatic N) is 1. The van der Waals surface area contributed by atoms with Crippen molar-refractivity contribution in [3.63, 3.8) is 0 Å². The number of nitrogens with one attached hydrogen (secondary N) is 3. The van der Waals surface area contributed by atoms with Crippen LogP contribution in [0, 0.1) is 5.82 Å². The highest BCUT2D eigenvalue weighted by Crippen LogP contribution is 2.27. The van der Waals surface area contributed by atoms with Crippen molar-refractivity contribution in [2.45, 2.75) is 24.9 Å². The quantitative estimate of drug-likeness (QED) is 0.714. The van der Waals surface area contributed by atoms with E-state index in [2.05, 4.69) is 20.9 Å². The van der Waals surface area contributed by atoms with Crippen LogP contribution in [0.1, 0.15) is 11.1 Å². The van der Waals surface area contributed by atoms with Crippen LogP contribution >= 0.6 is 11.6 Å². The molecule has 2 unspecified atom stereocenters. The summed E-state index contributed by atoms with van der Waals surface area (Å²) >= 11 is 5.86. The summed E-state index contributed by atoms with van der Waals surface area (Å²) in [4.78, 5) is 28.7. The summed E-state index contributed by atoms with van der Waals surface area (Å²) in [7, 11) is 0. The second-order valence-electron chi connectivity index (χ2n) is 6.12. The fourth-order valence-corrected chi connectivity index (χ4v) is 3.34. The maximum absolute atomic E-state index is 13.4. The number of benzene rings is 1. The number of carbonyl (C=O) groups excluding carboxylic acids is 2. The number of hydrogen-bond acceptors (Lipinski definition) is 4. The fourth-order valence-electron chi connectivity index (χ4n) is 3.16. The Hall–Kier alpha value is -2.67. The molecule has 6 nitrogen and oxygen atoms in total. The number of aromatic nitrogens is 1. The Balaban J connectivity index is 1.46. The van der Waals surface area contributed by atoms with Crippen LogP contribution in [0.2, 0.25) is 5.15 Å². The number of fused-ring (bicyclic) bond motifs is 2. The van der Waals surface area contributed by atoms with Gasteiger partial charge in [-0.25, -0.2) is 9.37 Å². The molecule has 0 radical (unpaired) electrons. The zero-order valence-electron chi connectivity index (χ0n) is 13.0. The highest BCUT2D eigenvalue weighted by molar-refractivity contribution is 6.29. The van der Waals surface area contributed by atoms with E-state index in [1.165, 1.54) is 18.2 Å². The van der Waals surface area contributed by atoms with Gasteiger partial charge in [-0.2, -0.15) is 0 Å². The molecule has 128 valence electrons. The van der Waals surface area contributed by atoms with Crippen molar-refractivity contribution in [1.82, 2.24) is 10.3 Å². The van der Waals surface area contributed by atoms with Crippen LogP contribution in [-0.4, -0.2) is 28.9 Å². The molecule has 0 fully saturated rings. The third-order valence-corrected chi connectivity index (χ3v) is 4.62. The van der Waals surface area contributed by atoms with Crippen LogP contribution in [-0.2, 0) is 22.4 Å². The number of anilines is 2. The first-order chi connectivity index (χ1) is 12.0. The van der Waals surface area contributed by atoms with E-state index in [-0.39, 0.29) is 24.1 Å². The Morgan fingerprint density at radius 1 is 1.24 bits per heavy atom. The third kappa shape index (κ3) is 3.02. The molecular weight excluding hydrogens is 347 g/mol. The molecular formula is C17H14ClFN4O2. The molecule has 2 amide bonds. The molecule has 2 aromatic rings. The molecule has 2 atom stereocenters. The minimum absolute atomic E-state index is 0.248. The topological polar surface area (TPSA) is 83.1 Å². The maximum atomic E-state index is 13.4. The van der Waals surface area contributed by atoms with Crippen LogP contribution in [0.3, 0.4) is 0 Å². The van der Waals surface area contributed by atoms with Gasteiger partial charge in [-0.3, -0.25) is 9.59 Å². The molecule has 0 aliphatic carbocycles. The van der Waals surface area contributed by atoms with Crippen LogP contribution in [0.15, 0.2) is 30.5 Å². The van der Waals surface area contributed by atoms with Gasteiger partial charge in [0.05, 0.1) is 11.9 Å². The predicted molar refractivity (Wildman–Crippen MR) is 91.0 cm³/mol. The molecule has 2 aliphatic heterocycles. The third-order valence-electron chi connectivity index (χ3n) is 4.41. The highest BCUT2D eigenvalue weighted by Gasteiger charge is 2.32. The molecule has 1 aromatic carbocycles. The van der Waals surface area contributed by atoms with Gasteiger partial charge in [0.15, 0.2) is 0 Å². The highest BCUT2D eigenvalue weighted by atomic mass is 35.5. The van der Waals surface area contributed by atoms with E-state index in [1.807, 2.05) is 0 Å². The fraction of sp³-hybridized carbons (Fsp3) is 0.235. The zero-order chi connectivity index (χ0) is 17.6. The van der Waals surface area contributed by atoms with Crippen molar-refractivity contribution < 1.29 is 14.0 Å². The number of halogens is 2. The molecule has 4 rings (SSSR count). The van der Waals surface area contributed by atoms with E-state index in [4.69, 9.17) is 11.6 Å². The van der Waals surface area contributed by atoms with Crippen LogP contribution in [0.25, 0.3) is 0 Å². The molecule has 8 heteroatoms. The summed E-state index contributed by atoms with van der Waals surface area (Å²) in [6, 6.07) is 4.64. The molecule has 0 saturated carbocycles. The Kier molecular flexibility index (Phi) is 3.80. The van der Waals surface area contributed by atoms with E-state index >= 15 is 0 Å². The van der Waals surface area contributed by atoms with Gasteiger partial charge in [0.2, 0.25) is 11.8 Å². The van der Waals surface area contributed by atoms with E-state index in [9.17, 15) is 14.0 Å². The second kappa shape index (κ2) is 6.00. The summed E-state index contributed by atoms with van der Waals surface area (Å²) in [6.45, 7) is 0. The first kappa shape index (κ1) is 15.8. The molecule has 0 spiro atoms. The lowest BCUT2D eigenvalue weighted by molar-refractivity contribution is -0.127. The molecule has 0 bridgehead atoms. The van der Waals surface area contributed by atoms with Gasteiger partial charge in [-0.1, -0.05) is 11.6 Å². The van der Waals surface area contributed by atoms with Crippen molar-refractivity contribution in [3.05, 3.63) is 52.6 Å². The lowest BCUT2D eigenvalue weighted by Crippen LogP contribution is -2.51. The van der Waals surface area contributed by atoms with Crippen LogP contribution in [0.4, 0.5) is 15.8 Å². The second-order valence-corrected chi connectivity index (χ2v) is 6.51. The van der Waals surface area contributed by atoms with E-state index in [0.717, 1.165) is 11.3 Å². The van der Waals surface area contributed by atoms with Gasteiger partial charge in [0.25, 0.3) is 0 Å². The Labute approximate surface area is 147 Å². The molecule has 1 aromatic heterocycles. The lowest BCUT2D eigenvalue weighted by atomic mass is 9.98. The standard InChI is InChI=1S/C17H14ClFN4O2/c18-15-6-9-5-12(21-14(9)7-20-15)16(24)23-13-4-8-3-10(19)1-2-11(8)22-17(13)25/h1-3,6-7,12-13,21H,4-5H2,(H,22,25)(H,23,24). The van der Waals surface area contributed by atoms with Gasteiger partial charge in [-0.05, 0) is 35.4 Å². The van der Waals surface area contributed by atoms with E-state index < -0.39 is 12.1 Å².